The molecule has 7 heteroatoms. The van der Waals surface area contributed by atoms with Crippen LogP contribution < -0.4 is 0 Å². The van der Waals surface area contributed by atoms with Gasteiger partial charge in [0.05, 0.1) is 29.8 Å². The third-order valence-corrected chi connectivity index (χ3v) is 5.66. The van der Waals surface area contributed by atoms with Crippen LogP contribution in [0.25, 0.3) is 22.4 Å². The number of imidazole rings is 1. The molecule has 3 aromatic rings. The molecule has 0 radical (unpaired) electrons. The van der Waals surface area contributed by atoms with Crippen LogP contribution >= 0.6 is 0 Å². The summed E-state index contributed by atoms with van der Waals surface area (Å²) in [6.45, 7) is 9.01. The monoisotopic (exact) mass is 417 g/mol. The second-order valence-corrected chi connectivity index (χ2v) is 7.91. The average molecular weight is 417 g/mol. The highest BCUT2D eigenvalue weighted by Crippen LogP contribution is 2.34. The van der Waals surface area contributed by atoms with Crippen LogP contribution in [0, 0.1) is 13.8 Å². The molecule has 1 aromatic heterocycles. The van der Waals surface area contributed by atoms with Crippen molar-refractivity contribution in [3.63, 3.8) is 0 Å². The topological polar surface area (TPSA) is 30.3 Å². The Hall–Kier alpha value is -2.38. The van der Waals surface area contributed by atoms with E-state index in [2.05, 4.69) is 20.5 Å². The Balaban J connectivity index is 1.70. The lowest BCUT2D eigenvalue weighted by atomic mass is 10.1. The Morgan fingerprint density at radius 2 is 1.77 bits per heavy atom. The maximum atomic E-state index is 13.2. The van der Waals surface area contributed by atoms with E-state index in [4.69, 9.17) is 4.74 Å². The summed E-state index contributed by atoms with van der Waals surface area (Å²) in [5.41, 5.74) is 3.62. The number of alkyl halides is 3. The summed E-state index contributed by atoms with van der Waals surface area (Å²) in [7, 11) is 0. The minimum absolute atomic E-state index is 0.381. The van der Waals surface area contributed by atoms with Crippen molar-refractivity contribution in [3.8, 4) is 11.4 Å². The van der Waals surface area contributed by atoms with Crippen LogP contribution in [0.5, 0.6) is 0 Å². The lowest BCUT2D eigenvalue weighted by molar-refractivity contribution is -0.137. The summed E-state index contributed by atoms with van der Waals surface area (Å²) >= 11 is 0. The summed E-state index contributed by atoms with van der Waals surface area (Å²) in [5, 5.41) is 0. The van der Waals surface area contributed by atoms with Crippen molar-refractivity contribution < 1.29 is 17.9 Å². The molecule has 0 aliphatic carbocycles. The van der Waals surface area contributed by atoms with Crippen LogP contribution in [-0.4, -0.2) is 47.3 Å². The molecule has 0 bridgehead atoms. The predicted molar refractivity (Wildman–Crippen MR) is 112 cm³/mol. The van der Waals surface area contributed by atoms with Crippen LogP contribution in [0.15, 0.2) is 36.4 Å². The molecular weight excluding hydrogens is 391 g/mol. The molecule has 30 heavy (non-hydrogen) atoms. The summed E-state index contributed by atoms with van der Waals surface area (Å²) in [5.74, 6) is 0.726. The zero-order valence-corrected chi connectivity index (χ0v) is 17.3. The molecule has 0 saturated carbocycles. The minimum atomic E-state index is -4.38. The number of morpholine rings is 1. The highest BCUT2D eigenvalue weighted by atomic mass is 19.4. The molecule has 0 unspecified atom stereocenters. The van der Waals surface area contributed by atoms with E-state index in [-0.39, 0.29) is 0 Å². The first-order valence-corrected chi connectivity index (χ1v) is 10.3. The van der Waals surface area contributed by atoms with Gasteiger partial charge in [-0.05, 0) is 44.0 Å². The molecule has 0 atom stereocenters. The Kier molecular flexibility index (Phi) is 5.84. The van der Waals surface area contributed by atoms with Gasteiger partial charge in [-0.1, -0.05) is 23.8 Å². The Morgan fingerprint density at radius 1 is 1.00 bits per heavy atom. The smallest absolute Gasteiger partial charge is 0.379 e. The molecule has 160 valence electrons. The summed E-state index contributed by atoms with van der Waals surface area (Å²) in [4.78, 5) is 7.00. The molecule has 1 aliphatic rings. The Morgan fingerprint density at radius 3 is 2.47 bits per heavy atom. The van der Waals surface area contributed by atoms with Gasteiger partial charge in [-0.2, -0.15) is 13.2 Å². The van der Waals surface area contributed by atoms with Gasteiger partial charge >= 0.3 is 6.18 Å². The lowest BCUT2D eigenvalue weighted by Gasteiger charge is -2.26. The van der Waals surface area contributed by atoms with E-state index in [0.29, 0.717) is 12.1 Å². The average Bonchev–Trinajstić information content (AvgIpc) is 3.06. The Labute approximate surface area is 174 Å². The lowest BCUT2D eigenvalue weighted by Crippen LogP contribution is -2.37. The fourth-order valence-corrected chi connectivity index (χ4v) is 4.08. The molecule has 1 saturated heterocycles. The number of benzene rings is 2. The van der Waals surface area contributed by atoms with E-state index in [9.17, 15) is 13.2 Å². The third kappa shape index (κ3) is 4.37. The van der Waals surface area contributed by atoms with Crippen LogP contribution in [0.3, 0.4) is 0 Å². The summed E-state index contributed by atoms with van der Waals surface area (Å²) in [6, 6.07) is 9.95. The zero-order valence-electron chi connectivity index (χ0n) is 17.3. The first kappa shape index (κ1) is 20.9. The summed E-state index contributed by atoms with van der Waals surface area (Å²) in [6.07, 6.45) is -3.49. The van der Waals surface area contributed by atoms with E-state index < -0.39 is 11.7 Å². The normalized spacial score (nSPS) is 15.8. The maximum absolute atomic E-state index is 13.2. The van der Waals surface area contributed by atoms with E-state index in [1.54, 1.807) is 6.07 Å². The van der Waals surface area contributed by atoms with Crippen molar-refractivity contribution in [2.45, 2.75) is 33.0 Å². The molecule has 1 aliphatic heterocycles. The van der Waals surface area contributed by atoms with Crippen molar-refractivity contribution in [1.29, 1.82) is 0 Å². The molecule has 0 amide bonds. The number of hydrogen-bond acceptors (Lipinski definition) is 3. The van der Waals surface area contributed by atoms with Crippen LogP contribution in [0.4, 0.5) is 13.2 Å². The van der Waals surface area contributed by atoms with Gasteiger partial charge in [0.1, 0.15) is 5.82 Å². The van der Waals surface area contributed by atoms with Gasteiger partial charge < -0.3 is 9.30 Å². The maximum Gasteiger partial charge on any atom is 0.416 e. The molecule has 2 heterocycles. The largest absolute Gasteiger partial charge is 0.416 e. The van der Waals surface area contributed by atoms with E-state index >= 15 is 0 Å². The second-order valence-electron chi connectivity index (χ2n) is 7.91. The second kappa shape index (κ2) is 8.40. The SMILES string of the molecule is Cc1ccc(-c2nc3cc(C(F)(F)F)ccc3n2CCCN2CCOCC2)c(C)c1. The van der Waals surface area contributed by atoms with Crippen LogP contribution in [-0.2, 0) is 17.5 Å². The molecular formula is C23H26F3N3O. The first-order valence-electron chi connectivity index (χ1n) is 10.3. The quantitative estimate of drug-likeness (QED) is 0.581. The number of aryl methyl sites for hydroxylation is 3. The standard InChI is InChI=1S/C23H26F3N3O/c1-16-4-6-19(17(2)14-16)22-27-20-15-18(23(24,25)26)5-7-21(20)29(22)9-3-8-28-10-12-30-13-11-28/h4-7,14-15H,3,8-13H2,1-2H3. The van der Waals surface area contributed by atoms with Gasteiger partial charge in [0.15, 0.2) is 0 Å². The number of hydrogen-bond donors (Lipinski definition) is 0. The van der Waals surface area contributed by atoms with Gasteiger partial charge in [0.25, 0.3) is 0 Å². The van der Waals surface area contributed by atoms with Gasteiger partial charge in [-0.15, -0.1) is 0 Å². The molecule has 4 nitrogen and oxygen atoms in total. The minimum Gasteiger partial charge on any atom is -0.379 e. The van der Waals surface area contributed by atoms with Crippen LogP contribution in [0.2, 0.25) is 0 Å². The van der Waals surface area contributed by atoms with Crippen LogP contribution in [0.1, 0.15) is 23.1 Å². The number of fused-ring (bicyclic) bond motifs is 1. The fraction of sp³-hybridized carbons (Fsp3) is 0.435. The van der Waals surface area contributed by atoms with Crippen molar-refractivity contribution in [1.82, 2.24) is 14.5 Å². The van der Waals surface area contributed by atoms with Gasteiger partial charge in [0.2, 0.25) is 0 Å². The fourth-order valence-electron chi connectivity index (χ4n) is 4.08. The molecule has 4 rings (SSSR count). The van der Waals surface area contributed by atoms with Crippen molar-refractivity contribution in [3.05, 3.63) is 53.1 Å². The predicted octanol–water partition coefficient (Wildman–Crippen LogP) is 5.06. The highest BCUT2D eigenvalue weighted by Gasteiger charge is 2.31. The third-order valence-electron chi connectivity index (χ3n) is 5.66. The number of ether oxygens (including phenoxy) is 1. The molecule has 1 fully saturated rings. The zero-order chi connectivity index (χ0) is 21.3. The number of halogens is 3. The van der Waals surface area contributed by atoms with Gasteiger partial charge in [0, 0.05) is 31.7 Å². The molecule has 0 spiro atoms. The Bertz CT molecular complexity index is 1040. The van der Waals surface area contributed by atoms with Crippen molar-refractivity contribution in [2.75, 3.05) is 32.8 Å². The number of nitrogens with zero attached hydrogens (tertiary/aromatic N) is 3. The van der Waals surface area contributed by atoms with E-state index in [1.165, 1.54) is 0 Å². The van der Waals surface area contributed by atoms with Crippen molar-refractivity contribution in [2.24, 2.45) is 0 Å². The number of aromatic nitrogens is 2. The van der Waals surface area contributed by atoms with Gasteiger partial charge in [-0.3, -0.25) is 4.90 Å². The number of rotatable bonds is 5. The molecule has 0 N–H and O–H groups in total. The summed E-state index contributed by atoms with van der Waals surface area (Å²) < 4.78 is 47.1. The van der Waals surface area contributed by atoms with E-state index in [1.807, 2.05) is 26.0 Å². The van der Waals surface area contributed by atoms with Crippen molar-refractivity contribution >= 4 is 11.0 Å². The highest BCUT2D eigenvalue weighted by molar-refractivity contribution is 5.82. The van der Waals surface area contributed by atoms with E-state index in [0.717, 1.165) is 79.4 Å². The first-order chi connectivity index (χ1) is 14.3. The molecule has 2 aromatic carbocycles. The van der Waals surface area contributed by atoms with Gasteiger partial charge in [-0.25, -0.2) is 4.98 Å².